The number of carbonyl (C=O) groups is 2. The number of aliphatic hydroxyl groups is 1. The van der Waals surface area contributed by atoms with Crippen LogP contribution >= 0.6 is 0 Å². The summed E-state index contributed by atoms with van der Waals surface area (Å²) in [7, 11) is 1.42. The van der Waals surface area contributed by atoms with E-state index in [1.807, 2.05) is 30.3 Å². The summed E-state index contributed by atoms with van der Waals surface area (Å²) in [4.78, 5) is 25.5. The number of amides is 1. The van der Waals surface area contributed by atoms with E-state index in [1.165, 1.54) is 30.2 Å². The molecular weight excluding hydrogens is 322 g/mol. The number of nitrogens with zero attached hydrogens (tertiary/aromatic N) is 1. The van der Waals surface area contributed by atoms with E-state index >= 15 is 0 Å². The van der Waals surface area contributed by atoms with Gasteiger partial charge in [-0.3, -0.25) is 4.79 Å². The van der Waals surface area contributed by atoms with Crippen molar-refractivity contribution >= 4 is 11.9 Å². The first-order valence-electron chi connectivity index (χ1n) is 7.92. The summed E-state index contributed by atoms with van der Waals surface area (Å²) in [6.07, 6.45) is 0.429. The van der Waals surface area contributed by atoms with Gasteiger partial charge in [0.1, 0.15) is 11.4 Å². The zero-order valence-corrected chi connectivity index (χ0v) is 13.8. The molecule has 0 radical (unpaired) electrons. The average molecular weight is 341 g/mol. The molecule has 0 saturated carbocycles. The molecule has 1 unspecified atom stereocenters. The van der Waals surface area contributed by atoms with Crippen LogP contribution in [-0.4, -0.2) is 47.2 Å². The van der Waals surface area contributed by atoms with Gasteiger partial charge in [-0.05, 0) is 30.2 Å². The molecule has 1 amide bonds. The van der Waals surface area contributed by atoms with Gasteiger partial charge < -0.3 is 19.8 Å². The van der Waals surface area contributed by atoms with E-state index in [9.17, 15) is 19.8 Å². The summed E-state index contributed by atoms with van der Waals surface area (Å²) in [5, 5.41) is 20.0. The minimum Gasteiger partial charge on any atom is -0.497 e. The Hall–Kier alpha value is -2.86. The number of β-amino-alcohol motifs (C(OH)–C–C–N with tert-alkyl or cyclic N) is 1. The molecule has 2 N–H and O–H groups in total. The Kier molecular flexibility index (Phi) is 4.46. The highest BCUT2D eigenvalue weighted by atomic mass is 16.5. The Morgan fingerprint density at radius 1 is 1.12 bits per heavy atom. The van der Waals surface area contributed by atoms with Crippen molar-refractivity contribution in [2.24, 2.45) is 0 Å². The monoisotopic (exact) mass is 341 g/mol. The van der Waals surface area contributed by atoms with Gasteiger partial charge in [0.15, 0.2) is 0 Å². The quantitative estimate of drug-likeness (QED) is 0.889. The average Bonchev–Trinajstić information content (AvgIpc) is 3.05. The molecular formula is C19H19NO5. The lowest BCUT2D eigenvalue weighted by Crippen LogP contribution is -2.34. The van der Waals surface area contributed by atoms with Crippen molar-refractivity contribution in [3.05, 3.63) is 65.2 Å². The van der Waals surface area contributed by atoms with Gasteiger partial charge in [0.2, 0.25) is 0 Å². The minimum absolute atomic E-state index is 0.0137. The number of methoxy groups -OCH3 is 1. The fourth-order valence-electron chi connectivity index (χ4n) is 3.10. The van der Waals surface area contributed by atoms with Gasteiger partial charge in [-0.25, -0.2) is 4.79 Å². The predicted octanol–water partition coefficient (Wildman–Crippen LogP) is 2.13. The third kappa shape index (κ3) is 3.34. The summed E-state index contributed by atoms with van der Waals surface area (Å²) in [6, 6.07) is 13.4. The maximum absolute atomic E-state index is 12.8. The number of benzene rings is 2. The molecule has 0 spiro atoms. The van der Waals surface area contributed by atoms with Crippen LogP contribution in [0.25, 0.3) is 0 Å². The Balaban J connectivity index is 1.85. The van der Waals surface area contributed by atoms with Crippen molar-refractivity contribution in [2.45, 2.75) is 12.0 Å². The van der Waals surface area contributed by atoms with Gasteiger partial charge >= 0.3 is 5.97 Å². The topological polar surface area (TPSA) is 87.1 Å². The second-order valence-electron chi connectivity index (χ2n) is 6.13. The third-order valence-electron chi connectivity index (χ3n) is 4.48. The van der Waals surface area contributed by atoms with Gasteiger partial charge in [-0.15, -0.1) is 0 Å². The van der Waals surface area contributed by atoms with Gasteiger partial charge in [0.25, 0.3) is 5.91 Å². The van der Waals surface area contributed by atoms with E-state index in [2.05, 4.69) is 0 Å². The van der Waals surface area contributed by atoms with Crippen molar-refractivity contribution < 1.29 is 24.5 Å². The number of hydrogen-bond acceptors (Lipinski definition) is 4. The number of rotatable bonds is 4. The molecule has 1 atom stereocenters. The highest BCUT2D eigenvalue weighted by Crippen LogP contribution is 2.33. The molecule has 1 saturated heterocycles. The van der Waals surface area contributed by atoms with Crippen LogP contribution in [0.1, 0.15) is 32.7 Å². The lowest BCUT2D eigenvalue weighted by molar-refractivity contribution is 0.0417. The normalized spacial score (nSPS) is 19.7. The molecule has 1 aliphatic heterocycles. The number of likely N-dealkylation sites (tertiary alicyclic amines) is 1. The summed E-state index contributed by atoms with van der Waals surface area (Å²) in [5.41, 5.74) is -0.109. The van der Waals surface area contributed by atoms with Gasteiger partial charge in [-0.2, -0.15) is 0 Å². The molecule has 1 aliphatic rings. The van der Waals surface area contributed by atoms with Crippen molar-refractivity contribution in [3.8, 4) is 5.75 Å². The van der Waals surface area contributed by atoms with Crippen LogP contribution in [0.4, 0.5) is 0 Å². The fourth-order valence-corrected chi connectivity index (χ4v) is 3.10. The van der Waals surface area contributed by atoms with E-state index in [-0.39, 0.29) is 23.6 Å². The predicted molar refractivity (Wildman–Crippen MR) is 90.8 cm³/mol. The Morgan fingerprint density at radius 2 is 1.80 bits per heavy atom. The molecule has 25 heavy (non-hydrogen) atoms. The highest BCUT2D eigenvalue weighted by Gasteiger charge is 2.39. The van der Waals surface area contributed by atoms with Gasteiger partial charge in [0.05, 0.1) is 19.2 Å². The Bertz CT molecular complexity index is 805. The van der Waals surface area contributed by atoms with Crippen LogP contribution in [0.15, 0.2) is 48.5 Å². The zero-order valence-electron chi connectivity index (χ0n) is 13.8. The first-order chi connectivity index (χ1) is 11.9. The summed E-state index contributed by atoms with van der Waals surface area (Å²) in [5.74, 6) is -1.15. The van der Waals surface area contributed by atoms with Crippen molar-refractivity contribution in [1.29, 1.82) is 0 Å². The van der Waals surface area contributed by atoms with E-state index < -0.39 is 11.6 Å². The van der Waals surface area contributed by atoms with E-state index in [0.29, 0.717) is 18.7 Å². The van der Waals surface area contributed by atoms with E-state index in [0.717, 1.165) is 5.56 Å². The first-order valence-corrected chi connectivity index (χ1v) is 7.92. The van der Waals surface area contributed by atoms with Gasteiger partial charge in [-0.1, -0.05) is 30.3 Å². The Labute approximate surface area is 145 Å². The van der Waals surface area contributed by atoms with Crippen LogP contribution in [0.5, 0.6) is 5.75 Å². The molecule has 2 aromatic carbocycles. The molecule has 1 fully saturated rings. The largest absolute Gasteiger partial charge is 0.497 e. The molecule has 3 rings (SSSR count). The van der Waals surface area contributed by atoms with Crippen LogP contribution in [0, 0.1) is 0 Å². The molecule has 1 heterocycles. The summed E-state index contributed by atoms with van der Waals surface area (Å²) < 4.78 is 5.09. The van der Waals surface area contributed by atoms with Crippen molar-refractivity contribution in [1.82, 2.24) is 4.90 Å². The SMILES string of the molecule is COc1cc(C(=O)O)cc(C(=O)N2CCC(O)(c3ccccc3)C2)c1. The standard InChI is InChI=1S/C19H19NO5/c1-25-16-10-13(9-14(11-16)18(22)23)17(21)20-8-7-19(24,12-20)15-5-3-2-4-6-15/h2-6,9-11,24H,7-8,12H2,1H3,(H,22,23). The summed E-state index contributed by atoms with van der Waals surface area (Å²) in [6.45, 7) is 0.555. The number of hydrogen-bond donors (Lipinski definition) is 2. The third-order valence-corrected chi connectivity index (χ3v) is 4.48. The van der Waals surface area contributed by atoms with Crippen LogP contribution in [-0.2, 0) is 5.60 Å². The van der Waals surface area contributed by atoms with Crippen LogP contribution < -0.4 is 4.74 Å². The zero-order chi connectivity index (χ0) is 18.0. The molecule has 0 aromatic heterocycles. The molecule has 0 bridgehead atoms. The summed E-state index contributed by atoms with van der Waals surface area (Å²) >= 11 is 0. The lowest BCUT2D eigenvalue weighted by atomic mass is 9.93. The second-order valence-corrected chi connectivity index (χ2v) is 6.13. The number of carboxylic acids is 1. The first kappa shape index (κ1) is 17.0. The second kappa shape index (κ2) is 6.57. The fraction of sp³-hybridized carbons (Fsp3) is 0.263. The molecule has 2 aromatic rings. The number of carbonyl (C=O) groups excluding carboxylic acids is 1. The van der Waals surface area contributed by atoms with Gasteiger partial charge in [0, 0.05) is 12.1 Å². The smallest absolute Gasteiger partial charge is 0.335 e. The minimum atomic E-state index is -1.13. The highest BCUT2D eigenvalue weighted by molar-refractivity contribution is 5.98. The Morgan fingerprint density at radius 3 is 2.44 bits per heavy atom. The van der Waals surface area contributed by atoms with Crippen LogP contribution in [0.2, 0.25) is 0 Å². The molecule has 0 aliphatic carbocycles. The maximum Gasteiger partial charge on any atom is 0.335 e. The number of aromatic carboxylic acids is 1. The molecule has 6 nitrogen and oxygen atoms in total. The van der Waals surface area contributed by atoms with E-state index in [1.54, 1.807) is 0 Å². The van der Waals surface area contributed by atoms with E-state index in [4.69, 9.17) is 4.74 Å². The maximum atomic E-state index is 12.8. The van der Waals surface area contributed by atoms with Crippen molar-refractivity contribution in [2.75, 3.05) is 20.2 Å². The van der Waals surface area contributed by atoms with Crippen LogP contribution in [0.3, 0.4) is 0 Å². The van der Waals surface area contributed by atoms with Crippen molar-refractivity contribution in [3.63, 3.8) is 0 Å². The number of ether oxygens (including phenoxy) is 1. The number of carboxylic acid groups (broad SMARTS) is 1. The lowest BCUT2D eigenvalue weighted by Gasteiger charge is -2.24. The molecule has 6 heteroatoms. The molecule has 130 valence electrons.